The number of alkyl halides is 3. The van der Waals surface area contributed by atoms with Crippen LogP contribution in [0.15, 0.2) is 12.1 Å². The van der Waals surface area contributed by atoms with E-state index >= 15 is 0 Å². The second-order valence-corrected chi connectivity index (χ2v) is 4.39. The summed E-state index contributed by atoms with van der Waals surface area (Å²) in [6, 6.07) is 2.99. The van der Waals surface area contributed by atoms with Crippen LogP contribution in [0.25, 0.3) is 10.9 Å². The number of halogens is 4. The van der Waals surface area contributed by atoms with E-state index in [2.05, 4.69) is 14.7 Å². The Morgan fingerprint density at radius 1 is 1.25 bits per heavy atom. The Bertz CT molecular complexity index is 647. The van der Waals surface area contributed by atoms with Gasteiger partial charge in [0.15, 0.2) is 6.61 Å². The van der Waals surface area contributed by atoms with Crippen LogP contribution in [-0.2, 0) is 0 Å². The first-order valence-electron chi connectivity index (χ1n) is 5.52. The molecule has 1 heterocycles. The largest absolute Gasteiger partial charge is 0.480 e. The van der Waals surface area contributed by atoms with Crippen molar-refractivity contribution in [2.24, 2.45) is 0 Å². The topological polar surface area (TPSA) is 44.2 Å². The van der Waals surface area contributed by atoms with Gasteiger partial charge in [0.2, 0.25) is 5.88 Å². The van der Waals surface area contributed by atoms with Crippen LogP contribution in [0, 0.1) is 6.92 Å². The van der Waals surface area contributed by atoms with Gasteiger partial charge in [-0.15, -0.1) is 0 Å². The van der Waals surface area contributed by atoms with E-state index in [1.54, 1.807) is 19.1 Å². The molecule has 0 saturated carbocycles. The summed E-state index contributed by atoms with van der Waals surface area (Å²) in [6.45, 7) is 0.275. The molecule has 0 N–H and O–H groups in total. The summed E-state index contributed by atoms with van der Waals surface area (Å²) in [6.07, 6.45) is -4.47. The molecule has 0 aliphatic carbocycles. The molecule has 0 spiro atoms. The van der Waals surface area contributed by atoms with Crippen LogP contribution in [0.1, 0.15) is 5.56 Å². The van der Waals surface area contributed by atoms with E-state index in [-0.39, 0.29) is 11.4 Å². The van der Waals surface area contributed by atoms with Gasteiger partial charge in [-0.25, -0.2) is 0 Å². The van der Waals surface area contributed by atoms with E-state index in [1.165, 1.54) is 7.11 Å². The quantitative estimate of drug-likeness (QED) is 0.870. The number of fused-ring (bicyclic) bond motifs is 1. The molecule has 8 heteroatoms. The number of benzene rings is 1. The normalized spacial score (nSPS) is 11.7. The van der Waals surface area contributed by atoms with Crippen molar-refractivity contribution in [1.29, 1.82) is 0 Å². The van der Waals surface area contributed by atoms with Crippen LogP contribution >= 0.6 is 11.6 Å². The van der Waals surface area contributed by atoms with Crippen molar-refractivity contribution in [3.05, 3.63) is 22.7 Å². The fourth-order valence-corrected chi connectivity index (χ4v) is 1.79. The van der Waals surface area contributed by atoms with Crippen LogP contribution in [-0.4, -0.2) is 29.9 Å². The van der Waals surface area contributed by atoms with Crippen molar-refractivity contribution in [1.82, 2.24) is 9.97 Å². The molecule has 1 aromatic carbocycles. The zero-order chi connectivity index (χ0) is 14.9. The first-order chi connectivity index (χ1) is 9.31. The van der Waals surface area contributed by atoms with Gasteiger partial charge in [0.1, 0.15) is 5.52 Å². The van der Waals surface area contributed by atoms with E-state index in [0.29, 0.717) is 10.4 Å². The highest BCUT2D eigenvalue weighted by Gasteiger charge is 2.29. The van der Waals surface area contributed by atoms with Crippen LogP contribution in [0.2, 0.25) is 5.02 Å². The van der Waals surface area contributed by atoms with Gasteiger partial charge in [0.05, 0.1) is 17.5 Å². The molecule has 0 saturated heterocycles. The Labute approximate surface area is 117 Å². The fraction of sp³-hybridized carbons (Fsp3) is 0.333. The Morgan fingerprint density at radius 3 is 2.55 bits per heavy atom. The molecule has 0 bridgehead atoms. The summed E-state index contributed by atoms with van der Waals surface area (Å²) in [5.74, 6) is 0.106. The van der Waals surface area contributed by atoms with Gasteiger partial charge in [0, 0.05) is 0 Å². The predicted molar refractivity (Wildman–Crippen MR) is 67.4 cm³/mol. The second kappa shape index (κ2) is 5.32. The van der Waals surface area contributed by atoms with Crippen LogP contribution < -0.4 is 9.47 Å². The van der Waals surface area contributed by atoms with Gasteiger partial charge in [-0.2, -0.15) is 23.1 Å². The lowest BCUT2D eigenvalue weighted by atomic mass is 10.1. The Hall–Kier alpha value is -1.76. The second-order valence-electron chi connectivity index (χ2n) is 4.01. The molecule has 1 aromatic heterocycles. The molecular weight excluding hydrogens is 297 g/mol. The number of aryl methyl sites for hydroxylation is 1. The van der Waals surface area contributed by atoms with E-state index < -0.39 is 18.8 Å². The number of ether oxygens (including phenoxy) is 2. The van der Waals surface area contributed by atoms with Crippen LogP contribution in [0.5, 0.6) is 11.9 Å². The molecule has 2 aromatic rings. The Balaban J connectivity index is 2.50. The minimum absolute atomic E-state index is 0.106. The summed E-state index contributed by atoms with van der Waals surface area (Å²) < 4.78 is 46.0. The molecule has 2 rings (SSSR count). The highest BCUT2D eigenvalue weighted by molar-refractivity contribution is 6.36. The minimum atomic E-state index is -4.47. The van der Waals surface area contributed by atoms with Crippen molar-refractivity contribution < 1.29 is 22.6 Å². The van der Waals surface area contributed by atoms with Gasteiger partial charge in [0.25, 0.3) is 0 Å². The van der Waals surface area contributed by atoms with E-state index in [1.807, 2.05) is 0 Å². The zero-order valence-electron chi connectivity index (χ0n) is 10.6. The maximum absolute atomic E-state index is 12.1. The summed E-state index contributed by atoms with van der Waals surface area (Å²) in [7, 11) is 1.35. The highest BCUT2D eigenvalue weighted by atomic mass is 35.5. The molecule has 4 nitrogen and oxygen atoms in total. The molecule has 0 atom stereocenters. The molecule has 20 heavy (non-hydrogen) atoms. The number of nitrogens with zero attached hydrogens (tertiary/aromatic N) is 2. The lowest BCUT2D eigenvalue weighted by molar-refractivity contribution is -0.154. The maximum Gasteiger partial charge on any atom is 0.422 e. The molecule has 0 amide bonds. The zero-order valence-corrected chi connectivity index (χ0v) is 11.3. The van der Waals surface area contributed by atoms with Crippen LogP contribution in [0.4, 0.5) is 13.2 Å². The van der Waals surface area contributed by atoms with Gasteiger partial charge in [-0.1, -0.05) is 17.7 Å². The van der Waals surface area contributed by atoms with E-state index in [0.717, 1.165) is 5.56 Å². The van der Waals surface area contributed by atoms with Gasteiger partial charge in [-0.3, -0.25) is 0 Å². The van der Waals surface area contributed by atoms with Gasteiger partial charge in [-0.05, 0) is 18.6 Å². The van der Waals surface area contributed by atoms with E-state index in [4.69, 9.17) is 16.3 Å². The van der Waals surface area contributed by atoms with Crippen molar-refractivity contribution in [3.8, 4) is 11.9 Å². The predicted octanol–water partition coefficient (Wildman–Crippen LogP) is 3.54. The molecule has 0 unspecified atom stereocenters. The standard InChI is InChI=1S/C12H10ClF3N2O2/c1-6-3-4-7-9(8(6)13)17-11(18-10(7)19-2)20-5-12(14,15)16/h3-4H,5H2,1-2H3. The van der Waals surface area contributed by atoms with Gasteiger partial charge >= 0.3 is 12.2 Å². The lowest BCUT2D eigenvalue weighted by Crippen LogP contribution is -2.20. The monoisotopic (exact) mass is 306 g/mol. The molecule has 0 aliphatic heterocycles. The average Bonchev–Trinajstić information content (AvgIpc) is 2.39. The van der Waals surface area contributed by atoms with Crippen LogP contribution in [0.3, 0.4) is 0 Å². The number of rotatable bonds is 3. The van der Waals surface area contributed by atoms with Gasteiger partial charge < -0.3 is 9.47 Å². The molecule has 108 valence electrons. The summed E-state index contributed by atoms with van der Waals surface area (Å²) in [5, 5.41) is 0.822. The van der Waals surface area contributed by atoms with Crippen molar-refractivity contribution in [2.75, 3.05) is 13.7 Å². The SMILES string of the molecule is COc1nc(OCC(F)(F)F)nc2c(Cl)c(C)ccc12. The molecule has 0 fully saturated rings. The third-order valence-electron chi connectivity index (χ3n) is 2.50. The summed E-state index contributed by atoms with van der Waals surface area (Å²) in [5.41, 5.74) is 1.03. The molecular formula is C12H10ClF3N2O2. The average molecular weight is 307 g/mol. The first kappa shape index (κ1) is 14.6. The highest BCUT2D eigenvalue weighted by Crippen LogP contribution is 2.32. The van der Waals surface area contributed by atoms with Crippen molar-refractivity contribution in [2.45, 2.75) is 13.1 Å². The first-order valence-corrected chi connectivity index (χ1v) is 5.90. The Kier molecular flexibility index (Phi) is 3.89. The maximum atomic E-state index is 12.1. The summed E-state index contributed by atoms with van der Waals surface area (Å²) >= 11 is 6.09. The van der Waals surface area contributed by atoms with E-state index in [9.17, 15) is 13.2 Å². The fourth-order valence-electron chi connectivity index (χ4n) is 1.58. The smallest absolute Gasteiger partial charge is 0.422 e. The molecule has 0 radical (unpaired) electrons. The third kappa shape index (κ3) is 3.04. The third-order valence-corrected chi connectivity index (χ3v) is 2.98. The lowest BCUT2D eigenvalue weighted by Gasteiger charge is -2.11. The number of methoxy groups -OCH3 is 1. The minimum Gasteiger partial charge on any atom is -0.480 e. The Morgan fingerprint density at radius 2 is 1.95 bits per heavy atom. The molecule has 0 aliphatic rings. The number of hydrogen-bond acceptors (Lipinski definition) is 4. The number of hydrogen-bond donors (Lipinski definition) is 0. The number of aromatic nitrogens is 2. The van der Waals surface area contributed by atoms with Crippen molar-refractivity contribution in [3.63, 3.8) is 0 Å². The van der Waals surface area contributed by atoms with Crippen molar-refractivity contribution >= 4 is 22.5 Å². The summed E-state index contributed by atoms with van der Waals surface area (Å²) in [4.78, 5) is 7.68.